The largest absolute Gasteiger partial charge is 0.0961 e. The van der Waals surface area contributed by atoms with Crippen LogP contribution in [0.25, 0.3) is 5.57 Å². The van der Waals surface area contributed by atoms with E-state index in [9.17, 15) is 0 Å². The van der Waals surface area contributed by atoms with Crippen LogP contribution in [0.4, 0.5) is 0 Å². The lowest BCUT2D eigenvalue weighted by molar-refractivity contribution is 0.714. The van der Waals surface area contributed by atoms with Gasteiger partial charge < -0.3 is 0 Å². The number of rotatable bonds is 4. The first kappa shape index (κ1) is 21.2. The summed E-state index contributed by atoms with van der Waals surface area (Å²) in [5.74, 6) is 0. The summed E-state index contributed by atoms with van der Waals surface area (Å²) in [6.07, 6.45) is 8.43. The third kappa shape index (κ3) is 6.90. The maximum absolute atomic E-state index is 3.87. The molecule has 0 radical (unpaired) electrons. The van der Waals surface area contributed by atoms with E-state index in [2.05, 4.69) is 65.1 Å². The molecule has 0 aromatic heterocycles. The zero-order valence-corrected chi connectivity index (χ0v) is 17.3. The van der Waals surface area contributed by atoms with Crippen molar-refractivity contribution in [2.75, 3.05) is 0 Å². The predicted octanol–water partition coefficient (Wildman–Crippen LogP) is 8.13. The molecular weight excluding hydrogens is 300 g/mol. The minimum absolute atomic E-state index is 1.04. The molecular formula is C25H36. The van der Waals surface area contributed by atoms with Gasteiger partial charge in [-0.25, -0.2) is 0 Å². The molecule has 0 fully saturated rings. The monoisotopic (exact) mass is 336 g/mol. The molecule has 0 spiro atoms. The molecule has 0 heterocycles. The molecule has 0 aliphatic heterocycles. The van der Waals surface area contributed by atoms with E-state index in [1.165, 1.54) is 47.9 Å². The molecule has 1 aromatic carbocycles. The summed E-state index contributed by atoms with van der Waals surface area (Å²) >= 11 is 0. The summed E-state index contributed by atoms with van der Waals surface area (Å²) in [5, 5.41) is 0. The van der Waals surface area contributed by atoms with Gasteiger partial charge in [0, 0.05) is 0 Å². The van der Waals surface area contributed by atoms with Gasteiger partial charge in [0.25, 0.3) is 0 Å². The Morgan fingerprint density at radius 3 is 2.16 bits per heavy atom. The minimum Gasteiger partial charge on any atom is -0.0961 e. The van der Waals surface area contributed by atoms with E-state index >= 15 is 0 Å². The first-order valence-corrected chi connectivity index (χ1v) is 9.54. The molecule has 1 aliphatic carbocycles. The van der Waals surface area contributed by atoms with Crippen molar-refractivity contribution >= 4 is 5.57 Å². The van der Waals surface area contributed by atoms with Crippen molar-refractivity contribution in [1.29, 1.82) is 0 Å². The fourth-order valence-electron chi connectivity index (χ4n) is 3.31. The zero-order chi connectivity index (χ0) is 19.0. The van der Waals surface area contributed by atoms with Crippen LogP contribution < -0.4 is 0 Å². The molecule has 0 N–H and O–H groups in total. The molecule has 0 heteroatoms. The summed E-state index contributed by atoms with van der Waals surface area (Å²) in [5.41, 5.74) is 11.1. The highest BCUT2D eigenvalue weighted by Crippen LogP contribution is 2.33. The lowest BCUT2D eigenvalue weighted by Gasteiger charge is -2.20. The predicted molar refractivity (Wildman–Crippen MR) is 115 cm³/mol. The number of benzene rings is 1. The van der Waals surface area contributed by atoms with Crippen LogP contribution in [-0.2, 0) is 0 Å². The summed E-state index contributed by atoms with van der Waals surface area (Å²) < 4.78 is 0. The van der Waals surface area contributed by atoms with E-state index in [1.54, 1.807) is 11.1 Å². The fourth-order valence-corrected chi connectivity index (χ4v) is 3.31. The average Bonchev–Trinajstić information content (AvgIpc) is 2.55. The molecule has 1 aliphatic rings. The van der Waals surface area contributed by atoms with Crippen molar-refractivity contribution in [2.45, 2.75) is 73.6 Å². The number of allylic oxidation sites excluding steroid dienone is 6. The van der Waals surface area contributed by atoms with Gasteiger partial charge in [-0.05, 0) is 89.0 Å². The van der Waals surface area contributed by atoms with Gasteiger partial charge >= 0.3 is 0 Å². The number of hydrogen-bond donors (Lipinski definition) is 0. The molecule has 25 heavy (non-hydrogen) atoms. The molecule has 2 rings (SSSR count). The van der Waals surface area contributed by atoms with Crippen LogP contribution in [0.1, 0.15) is 76.5 Å². The standard InChI is InChI=1S/C15H20.C10H16/c1-11-8-9-13(3)15(10-11)14-7-5-4-6-12(14)2;1-6-10(9(4)5)7-8(2)3/h8-10H,4-7H2,1-3H3;7H,2,4,6H2,1,3,5H3/b;10-7+. The normalized spacial score (nSPS) is 14.7. The van der Waals surface area contributed by atoms with Crippen LogP contribution in [0.15, 0.2) is 59.7 Å². The Kier molecular flexibility index (Phi) is 8.69. The summed E-state index contributed by atoms with van der Waals surface area (Å²) in [6, 6.07) is 6.80. The molecule has 136 valence electrons. The quantitative estimate of drug-likeness (QED) is 0.487. The Balaban J connectivity index is 0.000000275. The van der Waals surface area contributed by atoms with Crippen molar-refractivity contribution in [1.82, 2.24) is 0 Å². The Labute approximate surface area is 156 Å². The summed E-state index contributed by atoms with van der Waals surface area (Å²) in [7, 11) is 0. The first-order valence-electron chi connectivity index (χ1n) is 9.54. The van der Waals surface area contributed by atoms with Crippen molar-refractivity contribution in [2.24, 2.45) is 0 Å². The van der Waals surface area contributed by atoms with E-state index < -0.39 is 0 Å². The maximum atomic E-state index is 3.87. The van der Waals surface area contributed by atoms with Gasteiger partial charge in [0.1, 0.15) is 0 Å². The maximum Gasteiger partial charge on any atom is -0.0193 e. The van der Waals surface area contributed by atoms with E-state index in [1.807, 2.05) is 13.8 Å². The highest BCUT2D eigenvalue weighted by molar-refractivity contribution is 5.71. The minimum atomic E-state index is 1.04. The van der Waals surface area contributed by atoms with Crippen LogP contribution >= 0.6 is 0 Å². The van der Waals surface area contributed by atoms with Crippen LogP contribution in [0.5, 0.6) is 0 Å². The van der Waals surface area contributed by atoms with Crippen LogP contribution in [-0.4, -0.2) is 0 Å². The second-order valence-corrected chi connectivity index (χ2v) is 7.43. The zero-order valence-electron chi connectivity index (χ0n) is 17.3. The lowest BCUT2D eigenvalue weighted by atomic mass is 9.86. The molecule has 0 saturated heterocycles. The highest BCUT2D eigenvalue weighted by atomic mass is 14.2. The molecule has 0 bridgehead atoms. The second kappa shape index (κ2) is 10.2. The van der Waals surface area contributed by atoms with Gasteiger partial charge in [0.2, 0.25) is 0 Å². The van der Waals surface area contributed by atoms with Gasteiger partial charge in [-0.2, -0.15) is 0 Å². The number of hydrogen-bond acceptors (Lipinski definition) is 0. The Bertz CT molecular complexity index is 680. The van der Waals surface area contributed by atoms with Gasteiger partial charge in [-0.1, -0.05) is 66.6 Å². The molecule has 0 saturated carbocycles. The van der Waals surface area contributed by atoms with Crippen LogP contribution in [0, 0.1) is 13.8 Å². The molecule has 0 nitrogen and oxygen atoms in total. The topological polar surface area (TPSA) is 0 Å². The lowest BCUT2D eigenvalue weighted by Crippen LogP contribution is -1.99. The van der Waals surface area contributed by atoms with Gasteiger partial charge in [0.05, 0.1) is 0 Å². The highest BCUT2D eigenvalue weighted by Gasteiger charge is 2.12. The Morgan fingerprint density at radius 2 is 1.68 bits per heavy atom. The van der Waals surface area contributed by atoms with Gasteiger partial charge in [-0.3, -0.25) is 0 Å². The third-order valence-electron chi connectivity index (χ3n) is 4.81. The SMILES string of the molecule is C=C(C)/C=C(\CC)C(=C)C.CC1=C(c2cc(C)ccc2C)CCCC1. The fraction of sp³-hybridized carbons (Fsp3) is 0.440. The van der Waals surface area contributed by atoms with E-state index in [4.69, 9.17) is 0 Å². The summed E-state index contributed by atoms with van der Waals surface area (Å²) in [4.78, 5) is 0. The third-order valence-corrected chi connectivity index (χ3v) is 4.81. The van der Waals surface area contributed by atoms with Gasteiger partial charge in [0.15, 0.2) is 0 Å². The van der Waals surface area contributed by atoms with Crippen molar-refractivity contribution < 1.29 is 0 Å². The number of aryl methyl sites for hydroxylation is 2. The van der Waals surface area contributed by atoms with E-state index in [-0.39, 0.29) is 0 Å². The van der Waals surface area contributed by atoms with E-state index in [0.717, 1.165) is 17.6 Å². The van der Waals surface area contributed by atoms with Gasteiger partial charge in [-0.15, -0.1) is 0 Å². The van der Waals surface area contributed by atoms with Crippen LogP contribution in [0.3, 0.4) is 0 Å². The Hall–Kier alpha value is -1.82. The van der Waals surface area contributed by atoms with Crippen molar-refractivity contribution in [3.63, 3.8) is 0 Å². The molecule has 0 atom stereocenters. The smallest absolute Gasteiger partial charge is 0.0193 e. The Morgan fingerprint density at radius 1 is 1.04 bits per heavy atom. The van der Waals surface area contributed by atoms with E-state index in [0.29, 0.717) is 0 Å². The first-order chi connectivity index (χ1) is 11.8. The average molecular weight is 337 g/mol. The second-order valence-electron chi connectivity index (χ2n) is 7.43. The van der Waals surface area contributed by atoms with Crippen molar-refractivity contribution in [3.05, 3.63) is 76.4 Å². The van der Waals surface area contributed by atoms with Crippen molar-refractivity contribution in [3.8, 4) is 0 Å². The molecule has 0 unspecified atom stereocenters. The van der Waals surface area contributed by atoms with Crippen LogP contribution in [0.2, 0.25) is 0 Å². The summed E-state index contributed by atoms with van der Waals surface area (Å²) in [6.45, 7) is 20.5. The molecule has 1 aromatic rings. The molecule has 0 amide bonds.